The average Bonchev–Trinajstić information content (AvgIpc) is 2.95. The highest BCUT2D eigenvalue weighted by molar-refractivity contribution is 5.73. The molecule has 3 rings (SSSR count). The Hall–Kier alpha value is -3.04. The Balaban J connectivity index is 1.77. The van der Waals surface area contributed by atoms with E-state index in [-0.39, 0.29) is 6.03 Å². The predicted molar refractivity (Wildman–Crippen MR) is 99.0 cm³/mol. The van der Waals surface area contributed by atoms with Crippen molar-refractivity contribution in [2.24, 2.45) is 0 Å². The molecule has 10 heteroatoms. The molecule has 1 aliphatic heterocycles. The molecule has 146 valence electrons. The number of hydrogen-bond acceptors (Lipinski definition) is 7. The van der Waals surface area contributed by atoms with Crippen LogP contribution < -0.4 is 19.7 Å². The quantitative estimate of drug-likeness (QED) is 0.828. The van der Waals surface area contributed by atoms with Gasteiger partial charge in [0, 0.05) is 27.2 Å². The Morgan fingerprint density at radius 3 is 2.52 bits per heavy atom. The molecule has 0 saturated heterocycles. The van der Waals surface area contributed by atoms with Crippen LogP contribution in [-0.2, 0) is 19.6 Å². The van der Waals surface area contributed by atoms with E-state index in [2.05, 4.69) is 25.3 Å². The summed E-state index contributed by atoms with van der Waals surface area (Å²) in [4.78, 5) is 24.2. The van der Waals surface area contributed by atoms with Gasteiger partial charge in [-0.3, -0.25) is 4.68 Å². The maximum absolute atomic E-state index is 11.7. The van der Waals surface area contributed by atoms with Crippen molar-refractivity contribution in [2.75, 3.05) is 39.8 Å². The number of methoxy groups -OCH3 is 2. The molecular weight excluding hydrogens is 350 g/mol. The average molecular weight is 375 g/mol. The zero-order valence-electron chi connectivity index (χ0n) is 16.1. The molecule has 2 aromatic rings. The van der Waals surface area contributed by atoms with Gasteiger partial charge < -0.3 is 24.6 Å². The van der Waals surface area contributed by atoms with Crippen LogP contribution in [-0.4, -0.2) is 65.5 Å². The summed E-state index contributed by atoms with van der Waals surface area (Å²) in [5, 5.41) is 7.44. The van der Waals surface area contributed by atoms with E-state index in [9.17, 15) is 4.79 Å². The highest BCUT2D eigenvalue weighted by atomic mass is 16.5. The van der Waals surface area contributed by atoms with E-state index in [1.807, 2.05) is 10.7 Å². The number of ether oxygens (including phenoxy) is 2. The molecule has 0 bridgehead atoms. The van der Waals surface area contributed by atoms with E-state index in [0.29, 0.717) is 30.8 Å². The van der Waals surface area contributed by atoms with Gasteiger partial charge >= 0.3 is 6.03 Å². The van der Waals surface area contributed by atoms with E-state index >= 15 is 0 Å². The number of amides is 2. The van der Waals surface area contributed by atoms with E-state index in [1.165, 1.54) is 4.90 Å². The fourth-order valence-electron chi connectivity index (χ4n) is 2.85. The van der Waals surface area contributed by atoms with E-state index < -0.39 is 0 Å². The summed E-state index contributed by atoms with van der Waals surface area (Å²) < 4.78 is 12.5. The number of nitrogens with one attached hydrogen (secondary N) is 1. The standard InChI is InChI=1S/C17H25N7O3/c1-22(2)17(25)18-10-12-8-13-11-23(6-5-7-24(13)21-12)16-19-14(26-3)9-15(20-16)27-4/h8-9H,5-7,10-11H2,1-4H3,(H,18,25). The molecular formula is C17H25N7O3. The molecule has 0 saturated carbocycles. The number of aryl methyl sites for hydroxylation is 1. The Kier molecular flexibility index (Phi) is 5.63. The van der Waals surface area contributed by atoms with Crippen LogP contribution in [0.15, 0.2) is 12.1 Å². The number of urea groups is 1. The number of aromatic nitrogens is 4. The minimum absolute atomic E-state index is 0.142. The highest BCUT2D eigenvalue weighted by Gasteiger charge is 2.20. The SMILES string of the molecule is COc1cc(OC)nc(N2CCCn3nc(CNC(=O)N(C)C)cc3C2)n1. The molecule has 2 aromatic heterocycles. The van der Waals surface area contributed by atoms with Crippen LogP contribution >= 0.6 is 0 Å². The molecule has 0 spiro atoms. The summed E-state index contributed by atoms with van der Waals surface area (Å²) >= 11 is 0. The first-order valence-corrected chi connectivity index (χ1v) is 8.73. The summed E-state index contributed by atoms with van der Waals surface area (Å²) in [5.74, 6) is 1.48. The van der Waals surface area contributed by atoms with Crippen molar-refractivity contribution in [3.63, 3.8) is 0 Å². The number of nitrogens with zero attached hydrogens (tertiary/aromatic N) is 6. The van der Waals surface area contributed by atoms with Crippen LogP contribution in [0.4, 0.5) is 10.7 Å². The number of carbonyl (C=O) groups excluding carboxylic acids is 1. The zero-order chi connectivity index (χ0) is 19.4. The zero-order valence-corrected chi connectivity index (χ0v) is 16.1. The number of hydrogen-bond donors (Lipinski definition) is 1. The summed E-state index contributed by atoms with van der Waals surface area (Å²) in [6.45, 7) is 2.60. The van der Waals surface area contributed by atoms with Crippen LogP contribution in [0.3, 0.4) is 0 Å². The van der Waals surface area contributed by atoms with Gasteiger partial charge in [-0.2, -0.15) is 15.1 Å². The lowest BCUT2D eigenvalue weighted by molar-refractivity contribution is 0.217. The highest BCUT2D eigenvalue weighted by Crippen LogP contribution is 2.23. The molecule has 2 amide bonds. The second-order valence-electron chi connectivity index (χ2n) is 6.43. The van der Waals surface area contributed by atoms with Crippen molar-refractivity contribution in [1.82, 2.24) is 30.0 Å². The molecule has 1 aliphatic rings. The summed E-state index contributed by atoms with van der Waals surface area (Å²) in [6, 6.07) is 3.51. The maximum atomic E-state index is 11.7. The van der Waals surface area contributed by atoms with Crippen LogP contribution in [0.2, 0.25) is 0 Å². The van der Waals surface area contributed by atoms with E-state index in [0.717, 1.165) is 30.9 Å². The van der Waals surface area contributed by atoms with Gasteiger partial charge in [0.25, 0.3) is 0 Å². The molecule has 3 heterocycles. The van der Waals surface area contributed by atoms with Crippen LogP contribution in [0.25, 0.3) is 0 Å². The van der Waals surface area contributed by atoms with Gasteiger partial charge in [0.05, 0.1) is 44.8 Å². The molecule has 27 heavy (non-hydrogen) atoms. The van der Waals surface area contributed by atoms with Crippen molar-refractivity contribution in [2.45, 2.75) is 26.1 Å². The largest absolute Gasteiger partial charge is 0.481 e. The maximum Gasteiger partial charge on any atom is 0.317 e. The normalized spacial score (nSPS) is 13.6. The van der Waals surface area contributed by atoms with Crippen molar-refractivity contribution in [1.29, 1.82) is 0 Å². The van der Waals surface area contributed by atoms with Gasteiger partial charge in [-0.15, -0.1) is 0 Å². The van der Waals surface area contributed by atoms with E-state index in [4.69, 9.17) is 9.47 Å². The first-order chi connectivity index (χ1) is 13.0. The molecule has 0 fully saturated rings. The smallest absolute Gasteiger partial charge is 0.317 e. The van der Waals surface area contributed by atoms with Gasteiger partial charge in [0.15, 0.2) is 0 Å². The molecule has 1 N–H and O–H groups in total. The van der Waals surface area contributed by atoms with Crippen molar-refractivity contribution < 1.29 is 14.3 Å². The van der Waals surface area contributed by atoms with Crippen molar-refractivity contribution in [3.8, 4) is 11.8 Å². The van der Waals surface area contributed by atoms with E-state index in [1.54, 1.807) is 34.4 Å². The number of anilines is 1. The lowest BCUT2D eigenvalue weighted by Crippen LogP contribution is -2.34. The van der Waals surface area contributed by atoms with Crippen molar-refractivity contribution >= 4 is 12.0 Å². The molecule has 10 nitrogen and oxygen atoms in total. The monoisotopic (exact) mass is 375 g/mol. The summed E-state index contributed by atoms with van der Waals surface area (Å²) in [5.41, 5.74) is 1.87. The number of carbonyl (C=O) groups is 1. The Labute approximate surface area is 158 Å². The predicted octanol–water partition coefficient (Wildman–Crippen LogP) is 0.872. The van der Waals surface area contributed by atoms with Gasteiger partial charge in [-0.1, -0.05) is 0 Å². The second kappa shape index (κ2) is 8.11. The van der Waals surface area contributed by atoms with Crippen LogP contribution in [0.1, 0.15) is 17.8 Å². The Morgan fingerprint density at radius 2 is 1.89 bits per heavy atom. The van der Waals surface area contributed by atoms with Gasteiger partial charge in [-0.05, 0) is 12.5 Å². The lowest BCUT2D eigenvalue weighted by atomic mass is 10.3. The first kappa shape index (κ1) is 18.7. The molecule has 0 atom stereocenters. The summed E-state index contributed by atoms with van der Waals surface area (Å²) in [7, 11) is 6.55. The molecule has 0 unspecified atom stereocenters. The fourth-order valence-corrected chi connectivity index (χ4v) is 2.85. The number of rotatable bonds is 5. The molecule has 0 aliphatic carbocycles. The van der Waals surface area contributed by atoms with Crippen LogP contribution in [0.5, 0.6) is 11.8 Å². The topological polar surface area (TPSA) is 97.6 Å². The Morgan fingerprint density at radius 1 is 1.19 bits per heavy atom. The van der Waals surface area contributed by atoms with Gasteiger partial charge in [-0.25, -0.2) is 4.79 Å². The number of fused-ring (bicyclic) bond motifs is 1. The molecule has 0 aromatic carbocycles. The third-order valence-corrected chi connectivity index (χ3v) is 4.26. The van der Waals surface area contributed by atoms with Gasteiger partial charge in [0.2, 0.25) is 17.7 Å². The minimum atomic E-state index is -0.142. The summed E-state index contributed by atoms with van der Waals surface area (Å²) in [6.07, 6.45) is 0.904. The lowest BCUT2D eigenvalue weighted by Gasteiger charge is -2.20. The fraction of sp³-hybridized carbons (Fsp3) is 0.529. The molecule has 0 radical (unpaired) electrons. The van der Waals surface area contributed by atoms with Crippen LogP contribution in [0, 0.1) is 0 Å². The first-order valence-electron chi connectivity index (χ1n) is 8.73. The third-order valence-electron chi connectivity index (χ3n) is 4.26. The Bertz CT molecular complexity index is 784. The van der Waals surface area contributed by atoms with Crippen molar-refractivity contribution in [3.05, 3.63) is 23.5 Å². The van der Waals surface area contributed by atoms with Gasteiger partial charge in [0.1, 0.15) is 0 Å². The second-order valence-corrected chi connectivity index (χ2v) is 6.43. The third kappa shape index (κ3) is 4.39. The minimum Gasteiger partial charge on any atom is -0.481 e.